The molecule has 0 bridgehead atoms. The summed E-state index contributed by atoms with van der Waals surface area (Å²) in [6.07, 6.45) is 4.15. The van der Waals surface area contributed by atoms with Crippen molar-refractivity contribution in [1.29, 1.82) is 0 Å². The molecule has 0 spiro atoms. The molecule has 6 heteroatoms. The molecule has 1 amide bonds. The van der Waals surface area contributed by atoms with Gasteiger partial charge in [-0.1, -0.05) is 42.8 Å². The van der Waals surface area contributed by atoms with Gasteiger partial charge in [0.25, 0.3) is 0 Å². The first-order chi connectivity index (χ1) is 14.5. The lowest BCUT2D eigenvalue weighted by Crippen LogP contribution is -2.07. The number of amides is 1. The average Bonchev–Trinajstić information content (AvgIpc) is 3.11. The lowest BCUT2D eigenvalue weighted by molar-refractivity contribution is -0.111. The van der Waals surface area contributed by atoms with Crippen molar-refractivity contribution < 1.29 is 14.3 Å². The van der Waals surface area contributed by atoms with Crippen LogP contribution in [0.1, 0.15) is 29.3 Å². The third-order valence-corrected chi connectivity index (χ3v) is 5.31. The van der Waals surface area contributed by atoms with Crippen molar-refractivity contribution in [3.05, 3.63) is 64.5 Å². The number of nitrogens with one attached hydrogen (secondary N) is 1. The van der Waals surface area contributed by atoms with E-state index in [0.29, 0.717) is 23.2 Å². The van der Waals surface area contributed by atoms with E-state index in [1.807, 2.05) is 37.3 Å². The van der Waals surface area contributed by atoms with Crippen LogP contribution in [0.4, 0.5) is 5.13 Å². The molecule has 0 radical (unpaired) electrons. The molecular weight excluding hydrogens is 396 g/mol. The Hall–Kier alpha value is -3.12. The normalized spacial score (nSPS) is 10.9. The van der Waals surface area contributed by atoms with E-state index in [0.717, 1.165) is 28.1 Å². The van der Waals surface area contributed by atoms with E-state index < -0.39 is 0 Å². The summed E-state index contributed by atoms with van der Waals surface area (Å²) in [5.41, 5.74) is 3.99. The van der Waals surface area contributed by atoms with Crippen LogP contribution < -0.4 is 14.8 Å². The van der Waals surface area contributed by atoms with Crippen LogP contribution in [0.2, 0.25) is 0 Å². The van der Waals surface area contributed by atoms with Crippen LogP contribution in [-0.4, -0.2) is 24.6 Å². The molecule has 0 saturated carbocycles. The number of aryl methyl sites for hydroxylation is 2. The number of benzene rings is 2. The molecule has 1 N–H and O–H groups in total. The number of carbonyl (C=O) groups excluding carboxylic acids is 1. The number of hydrogen-bond acceptors (Lipinski definition) is 5. The summed E-state index contributed by atoms with van der Waals surface area (Å²) in [5.74, 6) is 1.11. The zero-order valence-corrected chi connectivity index (χ0v) is 18.5. The van der Waals surface area contributed by atoms with Crippen molar-refractivity contribution in [1.82, 2.24) is 4.98 Å². The van der Waals surface area contributed by atoms with E-state index >= 15 is 0 Å². The number of ether oxygens (including phenoxy) is 2. The Kier molecular flexibility index (Phi) is 7.25. The lowest BCUT2D eigenvalue weighted by atomic mass is 10.1. The van der Waals surface area contributed by atoms with Gasteiger partial charge in [-0.2, -0.15) is 0 Å². The summed E-state index contributed by atoms with van der Waals surface area (Å²) in [6.45, 7) is 6.74. The number of aromatic nitrogens is 1. The minimum Gasteiger partial charge on any atom is -0.493 e. The predicted molar refractivity (Wildman–Crippen MR) is 123 cm³/mol. The molecule has 5 nitrogen and oxygen atoms in total. The lowest BCUT2D eigenvalue weighted by Gasteiger charge is -2.10. The van der Waals surface area contributed by atoms with Crippen molar-refractivity contribution in [3.8, 4) is 22.8 Å². The summed E-state index contributed by atoms with van der Waals surface area (Å²) >= 11 is 1.47. The second-order valence-corrected chi connectivity index (χ2v) is 8.07. The number of nitrogens with zero attached hydrogens (tertiary/aromatic N) is 1. The van der Waals surface area contributed by atoms with Gasteiger partial charge in [0, 0.05) is 16.5 Å². The maximum absolute atomic E-state index is 12.4. The molecule has 3 rings (SSSR count). The van der Waals surface area contributed by atoms with E-state index in [1.165, 1.54) is 23.0 Å². The first kappa shape index (κ1) is 21.6. The summed E-state index contributed by atoms with van der Waals surface area (Å²) < 4.78 is 11.0. The highest BCUT2D eigenvalue weighted by molar-refractivity contribution is 7.16. The van der Waals surface area contributed by atoms with Gasteiger partial charge in [0.2, 0.25) is 5.91 Å². The minimum atomic E-state index is -0.232. The van der Waals surface area contributed by atoms with Crippen molar-refractivity contribution in [2.75, 3.05) is 19.0 Å². The quantitative estimate of drug-likeness (QED) is 0.461. The summed E-state index contributed by atoms with van der Waals surface area (Å²) in [4.78, 5) is 18.0. The third-order valence-electron chi connectivity index (χ3n) is 4.43. The number of methoxy groups -OCH3 is 1. The number of hydrogen-bond donors (Lipinski definition) is 1. The standard InChI is InChI=1S/C24H26N2O3S/c1-5-14-29-20-12-8-18(15-21(20)28-4)9-13-22(27)25-24-26-23(17(3)30-24)19-10-6-16(2)7-11-19/h6-13,15H,5,14H2,1-4H3,(H,25,26,27). The Morgan fingerprint density at radius 1 is 1.13 bits per heavy atom. The van der Waals surface area contributed by atoms with E-state index in [9.17, 15) is 4.79 Å². The topological polar surface area (TPSA) is 60.5 Å². The number of carbonyl (C=O) groups is 1. The van der Waals surface area contributed by atoms with Crippen LogP contribution in [0.5, 0.6) is 11.5 Å². The molecule has 30 heavy (non-hydrogen) atoms. The highest BCUT2D eigenvalue weighted by atomic mass is 32.1. The maximum Gasteiger partial charge on any atom is 0.250 e. The van der Waals surface area contributed by atoms with Gasteiger partial charge in [0.05, 0.1) is 19.4 Å². The molecule has 2 aromatic carbocycles. The molecule has 0 atom stereocenters. The fourth-order valence-electron chi connectivity index (χ4n) is 2.87. The van der Waals surface area contributed by atoms with E-state index in [-0.39, 0.29) is 5.91 Å². The molecule has 0 unspecified atom stereocenters. The first-order valence-electron chi connectivity index (χ1n) is 9.84. The van der Waals surface area contributed by atoms with Gasteiger partial charge in [-0.3, -0.25) is 10.1 Å². The Balaban J connectivity index is 1.68. The largest absolute Gasteiger partial charge is 0.493 e. The smallest absolute Gasteiger partial charge is 0.250 e. The van der Waals surface area contributed by atoms with Crippen molar-refractivity contribution >= 4 is 28.5 Å². The van der Waals surface area contributed by atoms with Gasteiger partial charge in [0.1, 0.15) is 0 Å². The second kappa shape index (κ2) is 10.1. The second-order valence-electron chi connectivity index (χ2n) is 6.87. The number of anilines is 1. The Labute approximate surface area is 181 Å². The van der Waals surface area contributed by atoms with Crippen LogP contribution >= 0.6 is 11.3 Å². The molecule has 3 aromatic rings. The number of thiazole rings is 1. The maximum atomic E-state index is 12.4. The molecule has 1 heterocycles. The van der Waals surface area contributed by atoms with Gasteiger partial charge in [-0.25, -0.2) is 4.98 Å². The van der Waals surface area contributed by atoms with Gasteiger partial charge in [-0.15, -0.1) is 11.3 Å². The summed E-state index contributed by atoms with van der Waals surface area (Å²) in [5, 5.41) is 3.43. The molecule has 0 aliphatic rings. The Morgan fingerprint density at radius 3 is 2.60 bits per heavy atom. The average molecular weight is 423 g/mol. The minimum absolute atomic E-state index is 0.232. The van der Waals surface area contributed by atoms with Crippen LogP contribution in [0.25, 0.3) is 17.3 Å². The van der Waals surface area contributed by atoms with E-state index in [2.05, 4.69) is 36.3 Å². The Morgan fingerprint density at radius 2 is 1.90 bits per heavy atom. The predicted octanol–water partition coefficient (Wildman–Crippen LogP) is 5.88. The fourth-order valence-corrected chi connectivity index (χ4v) is 3.71. The molecule has 156 valence electrons. The summed E-state index contributed by atoms with van der Waals surface area (Å²) in [6, 6.07) is 13.8. The van der Waals surface area contributed by atoms with Crippen LogP contribution in [0.15, 0.2) is 48.5 Å². The van der Waals surface area contributed by atoms with E-state index in [1.54, 1.807) is 13.2 Å². The van der Waals surface area contributed by atoms with Gasteiger partial charge < -0.3 is 9.47 Å². The van der Waals surface area contributed by atoms with Crippen molar-refractivity contribution in [2.45, 2.75) is 27.2 Å². The third kappa shape index (κ3) is 5.48. The zero-order chi connectivity index (χ0) is 21.5. The summed E-state index contributed by atoms with van der Waals surface area (Å²) in [7, 11) is 1.60. The van der Waals surface area contributed by atoms with Gasteiger partial charge >= 0.3 is 0 Å². The highest BCUT2D eigenvalue weighted by Gasteiger charge is 2.11. The fraction of sp³-hybridized carbons (Fsp3) is 0.250. The monoisotopic (exact) mass is 422 g/mol. The number of rotatable bonds is 8. The van der Waals surface area contributed by atoms with Crippen molar-refractivity contribution in [2.24, 2.45) is 0 Å². The van der Waals surface area contributed by atoms with Gasteiger partial charge in [-0.05, 0) is 44.0 Å². The van der Waals surface area contributed by atoms with Crippen LogP contribution in [0.3, 0.4) is 0 Å². The Bertz CT molecular complexity index is 1040. The molecule has 0 aliphatic heterocycles. The van der Waals surface area contributed by atoms with Gasteiger partial charge in [0.15, 0.2) is 16.6 Å². The first-order valence-corrected chi connectivity index (χ1v) is 10.7. The molecule has 0 aliphatic carbocycles. The molecule has 0 fully saturated rings. The molecule has 0 saturated heterocycles. The molecular formula is C24H26N2O3S. The SMILES string of the molecule is CCCOc1ccc(C=CC(=O)Nc2nc(-c3ccc(C)cc3)c(C)s2)cc1OC. The van der Waals surface area contributed by atoms with Crippen LogP contribution in [-0.2, 0) is 4.79 Å². The van der Waals surface area contributed by atoms with E-state index in [4.69, 9.17) is 9.47 Å². The van der Waals surface area contributed by atoms with Crippen LogP contribution in [0, 0.1) is 13.8 Å². The molecule has 1 aromatic heterocycles. The highest BCUT2D eigenvalue weighted by Crippen LogP contribution is 2.31. The van der Waals surface area contributed by atoms with Crippen molar-refractivity contribution in [3.63, 3.8) is 0 Å². The zero-order valence-electron chi connectivity index (χ0n) is 17.7.